The lowest BCUT2D eigenvalue weighted by Crippen LogP contribution is -2.42. The molecule has 0 radical (unpaired) electrons. The number of amides is 1. The van der Waals surface area contributed by atoms with Gasteiger partial charge in [0.2, 0.25) is 5.91 Å². The van der Waals surface area contributed by atoms with E-state index in [0.717, 1.165) is 10.0 Å². The molecule has 0 aliphatic heterocycles. The van der Waals surface area contributed by atoms with Gasteiger partial charge in [-0.3, -0.25) is 4.79 Å². The Hall–Kier alpha value is -1.36. The first kappa shape index (κ1) is 15.7. The molecule has 0 heterocycles. The van der Waals surface area contributed by atoms with Crippen molar-refractivity contribution in [3.05, 3.63) is 34.3 Å². The summed E-state index contributed by atoms with van der Waals surface area (Å²) in [6.45, 7) is 3.84. The lowest BCUT2D eigenvalue weighted by molar-refractivity contribution is -0.141. The third-order valence-electron chi connectivity index (χ3n) is 2.56. The smallest absolute Gasteiger partial charge is 0.326 e. The lowest BCUT2D eigenvalue weighted by atomic mass is 10.0. The Bertz CT molecular complexity index is 460. The van der Waals surface area contributed by atoms with Crippen molar-refractivity contribution >= 4 is 27.8 Å². The van der Waals surface area contributed by atoms with Crippen molar-refractivity contribution in [1.29, 1.82) is 0 Å². The van der Waals surface area contributed by atoms with Crippen LogP contribution in [0.2, 0.25) is 0 Å². The molecule has 1 amide bonds. The molecule has 1 atom stereocenters. The van der Waals surface area contributed by atoms with Crippen LogP contribution in [-0.2, 0) is 16.0 Å². The molecule has 0 unspecified atom stereocenters. The number of hydrogen-bond acceptors (Lipinski definition) is 2. The van der Waals surface area contributed by atoms with Gasteiger partial charge in [0.1, 0.15) is 6.04 Å². The van der Waals surface area contributed by atoms with E-state index in [4.69, 9.17) is 5.11 Å². The molecule has 0 saturated carbocycles. The lowest BCUT2D eigenvalue weighted by Gasteiger charge is -2.15. The van der Waals surface area contributed by atoms with Crippen LogP contribution in [-0.4, -0.2) is 23.0 Å². The summed E-state index contributed by atoms with van der Waals surface area (Å²) in [6, 6.07) is 6.52. The zero-order chi connectivity index (χ0) is 14.4. The summed E-state index contributed by atoms with van der Waals surface area (Å²) in [4.78, 5) is 22.8. The average Bonchev–Trinajstić information content (AvgIpc) is 2.26. The van der Waals surface area contributed by atoms with Crippen molar-refractivity contribution in [2.45, 2.75) is 32.7 Å². The molecule has 4 nitrogen and oxygen atoms in total. The average molecular weight is 328 g/mol. The summed E-state index contributed by atoms with van der Waals surface area (Å²) in [7, 11) is 0. The minimum Gasteiger partial charge on any atom is -0.480 e. The molecule has 0 spiro atoms. The van der Waals surface area contributed by atoms with E-state index in [1.165, 1.54) is 0 Å². The van der Waals surface area contributed by atoms with Gasteiger partial charge in [-0.15, -0.1) is 0 Å². The van der Waals surface area contributed by atoms with E-state index >= 15 is 0 Å². The quantitative estimate of drug-likeness (QED) is 0.844. The molecule has 5 heteroatoms. The number of nitrogens with one attached hydrogen (secondary N) is 1. The summed E-state index contributed by atoms with van der Waals surface area (Å²) in [5, 5.41) is 11.7. The zero-order valence-electron chi connectivity index (χ0n) is 11.0. The fourth-order valence-electron chi connectivity index (χ4n) is 1.72. The Labute approximate surface area is 121 Å². The van der Waals surface area contributed by atoms with Gasteiger partial charge in [0.05, 0.1) is 0 Å². The van der Waals surface area contributed by atoms with Crippen LogP contribution in [0.15, 0.2) is 28.7 Å². The highest BCUT2D eigenvalue weighted by Crippen LogP contribution is 2.13. The number of carboxylic acids is 1. The highest BCUT2D eigenvalue weighted by Gasteiger charge is 2.20. The maximum Gasteiger partial charge on any atom is 0.326 e. The van der Waals surface area contributed by atoms with Gasteiger partial charge in [-0.25, -0.2) is 4.79 Å². The van der Waals surface area contributed by atoms with Crippen molar-refractivity contribution in [1.82, 2.24) is 5.32 Å². The van der Waals surface area contributed by atoms with E-state index in [-0.39, 0.29) is 18.2 Å². The molecule has 2 N–H and O–H groups in total. The first-order valence-electron chi connectivity index (χ1n) is 6.15. The molecule has 0 aliphatic rings. The molecule has 19 heavy (non-hydrogen) atoms. The van der Waals surface area contributed by atoms with Gasteiger partial charge in [-0.1, -0.05) is 41.9 Å². The van der Waals surface area contributed by atoms with E-state index in [9.17, 15) is 9.59 Å². The van der Waals surface area contributed by atoms with Crippen LogP contribution in [0.25, 0.3) is 0 Å². The van der Waals surface area contributed by atoms with Crippen molar-refractivity contribution in [3.8, 4) is 0 Å². The summed E-state index contributed by atoms with van der Waals surface area (Å²) < 4.78 is 0.891. The van der Waals surface area contributed by atoms with Crippen LogP contribution in [0.3, 0.4) is 0 Å². The molecule has 104 valence electrons. The van der Waals surface area contributed by atoms with Crippen LogP contribution in [0.1, 0.15) is 25.8 Å². The fourth-order valence-corrected chi connectivity index (χ4v) is 2.17. The fraction of sp³-hybridized carbons (Fsp3) is 0.429. The summed E-state index contributed by atoms with van der Waals surface area (Å²) in [5.74, 6) is -1.03. The third kappa shape index (κ3) is 5.87. The predicted molar refractivity (Wildman–Crippen MR) is 76.9 cm³/mol. The molecule has 0 aliphatic carbocycles. The van der Waals surface area contributed by atoms with E-state index < -0.39 is 12.0 Å². The molecule has 0 bridgehead atoms. The van der Waals surface area contributed by atoms with Crippen LogP contribution >= 0.6 is 15.9 Å². The van der Waals surface area contributed by atoms with E-state index in [0.29, 0.717) is 6.42 Å². The minimum atomic E-state index is -1.02. The Morgan fingerprint density at radius 1 is 1.37 bits per heavy atom. The Kier molecular flexibility index (Phi) is 6.02. The van der Waals surface area contributed by atoms with Crippen LogP contribution < -0.4 is 5.32 Å². The highest BCUT2D eigenvalue weighted by atomic mass is 79.9. The number of carbonyl (C=O) groups is 2. The maximum atomic E-state index is 11.6. The van der Waals surface area contributed by atoms with E-state index in [1.807, 2.05) is 38.1 Å². The summed E-state index contributed by atoms with van der Waals surface area (Å²) in [5.41, 5.74) is 0.867. The summed E-state index contributed by atoms with van der Waals surface area (Å²) >= 11 is 3.34. The molecule has 0 saturated heterocycles. The highest BCUT2D eigenvalue weighted by molar-refractivity contribution is 9.10. The monoisotopic (exact) mass is 327 g/mol. The zero-order valence-corrected chi connectivity index (χ0v) is 12.6. The van der Waals surface area contributed by atoms with Gasteiger partial charge >= 0.3 is 5.97 Å². The van der Waals surface area contributed by atoms with E-state index in [2.05, 4.69) is 21.2 Å². The van der Waals surface area contributed by atoms with Gasteiger partial charge in [0.15, 0.2) is 0 Å². The maximum absolute atomic E-state index is 11.6. The Morgan fingerprint density at radius 2 is 2.05 bits per heavy atom. The number of rotatable bonds is 6. The van der Waals surface area contributed by atoms with Crippen LogP contribution in [0, 0.1) is 5.92 Å². The van der Waals surface area contributed by atoms with Crippen LogP contribution in [0.5, 0.6) is 0 Å². The van der Waals surface area contributed by atoms with Crippen molar-refractivity contribution in [2.75, 3.05) is 0 Å². The SMILES string of the molecule is CC(C)CC(=O)N[C@@H](Cc1cccc(Br)c1)C(=O)O. The minimum absolute atomic E-state index is 0.209. The molecular weight excluding hydrogens is 310 g/mol. The standard InChI is InChI=1S/C14H18BrNO3/c1-9(2)6-13(17)16-12(14(18)19)8-10-4-3-5-11(15)7-10/h3-5,7,9,12H,6,8H2,1-2H3,(H,16,17)(H,18,19)/t12-/m0/s1. The van der Waals surface area contributed by atoms with Gasteiger partial charge < -0.3 is 10.4 Å². The predicted octanol–water partition coefficient (Wildman–Crippen LogP) is 2.61. The first-order valence-corrected chi connectivity index (χ1v) is 6.94. The number of aliphatic carboxylic acids is 1. The summed E-state index contributed by atoms with van der Waals surface area (Å²) in [6.07, 6.45) is 0.612. The second kappa shape index (κ2) is 7.28. The second-order valence-corrected chi connectivity index (χ2v) is 5.81. The molecule has 1 aromatic carbocycles. The van der Waals surface area contributed by atoms with Gasteiger partial charge in [0, 0.05) is 17.3 Å². The first-order chi connectivity index (χ1) is 8.88. The van der Waals surface area contributed by atoms with Crippen molar-refractivity contribution in [3.63, 3.8) is 0 Å². The Balaban J connectivity index is 2.68. The van der Waals surface area contributed by atoms with Crippen LogP contribution in [0.4, 0.5) is 0 Å². The molecule has 0 aromatic heterocycles. The molecule has 0 fully saturated rings. The normalized spacial score (nSPS) is 12.2. The number of halogens is 1. The van der Waals surface area contributed by atoms with Crippen molar-refractivity contribution in [2.24, 2.45) is 5.92 Å². The topological polar surface area (TPSA) is 66.4 Å². The number of carboxylic acid groups (broad SMARTS) is 1. The Morgan fingerprint density at radius 3 is 2.58 bits per heavy atom. The third-order valence-corrected chi connectivity index (χ3v) is 3.05. The molecular formula is C14H18BrNO3. The van der Waals surface area contributed by atoms with Gasteiger partial charge in [0.25, 0.3) is 0 Å². The van der Waals surface area contributed by atoms with Gasteiger partial charge in [-0.05, 0) is 23.6 Å². The molecule has 1 rings (SSSR count). The number of carbonyl (C=O) groups excluding carboxylic acids is 1. The number of hydrogen-bond donors (Lipinski definition) is 2. The van der Waals surface area contributed by atoms with Crippen molar-refractivity contribution < 1.29 is 14.7 Å². The molecule has 1 aromatic rings. The van der Waals surface area contributed by atoms with E-state index in [1.54, 1.807) is 0 Å². The second-order valence-electron chi connectivity index (χ2n) is 4.89. The number of benzene rings is 1. The largest absolute Gasteiger partial charge is 0.480 e. The van der Waals surface area contributed by atoms with Gasteiger partial charge in [-0.2, -0.15) is 0 Å².